The summed E-state index contributed by atoms with van der Waals surface area (Å²) >= 11 is 0. The quantitative estimate of drug-likeness (QED) is 0.844. The SMILES string of the molecule is CC(C(=O)N1CCCCC1)N1CCN(c2cccc(F)c2C#N)CC1. The molecule has 0 radical (unpaired) electrons. The van der Waals surface area contributed by atoms with Gasteiger partial charge in [0, 0.05) is 39.3 Å². The van der Waals surface area contributed by atoms with Gasteiger partial charge < -0.3 is 9.80 Å². The Labute approximate surface area is 148 Å². The summed E-state index contributed by atoms with van der Waals surface area (Å²) in [5, 5.41) is 9.21. The predicted molar refractivity (Wildman–Crippen MR) is 94.8 cm³/mol. The van der Waals surface area contributed by atoms with Gasteiger partial charge in [0.2, 0.25) is 5.91 Å². The molecule has 2 heterocycles. The minimum absolute atomic E-state index is 0.105. The Morgan fingerprint density at radius 3 is 2.44 bits per heavy atom. The molecule has 2 fully saturated rings. The van der Waals surface area contributed by atoms with Crippen LogP contribution in [0.5, 0.6) is 0 Å². The molecule has 25 heavy (non-hydrogen) atoms. The van der Waals surface area contributed by atoms with Crippen LogP contribution in [0.2, 0.25) is 0 Å². The van der Waals surface area contributed by atoms with E-state index >= 15 is 0 Å². The molecule has 0 bridgehead atoms. The summed E-state index contributed by atoms with van der Waals surface area (Å²) in [6, 6.07) is 6.59. The molecule has 134 valence electrons. The van der Waals surface area contributed by atoms with Crippen molar-refractivity contribution in [2.75, 3.05) is 44.2 Å². The monoisotopic (exact) mass is 344 g/mol. The van der Waals surface area contributed by atoms with E-state index in [1.807, 2.05) is 22.8 Å². The summed E-state index contributed by atoms with van der Waals surface area (Å²) < 4.78 is 13.8. The first kappa shape index (κ1) is 17.7. The van der Waals surface area contributed by atoms with Crippen LogP contribution in [0.4, 0.5) is 10.1 Å². The lowest BCUT2D eigenvalue weighted by atomic mass is 10.1. The topological polar surface area (TPSA) is 50.6 Å². The Balaban J connectivity index is 1.61. The van der Waals surface area contributed by atoms with Crippen molar-refractivity contribution in [1.29, 1.82) is 5.26 Å². The van der Waals surface area contributed by atoms with E-state index < -0.39 is 5.82 Å². The standard InChI is InChI=1S/C19H25FN4O/c1-15(19(25)24-8-3-2-4-9-24)22-10-12-23(13-11-22)18-7-5-6-17(20)16(18)14-21/h5-7,15H,2-4,8-13H2,1H3. The highest BCUT2D eigenvalue weighted by Gasteiger charge is 2.30. The number of rotatable bonds is 3. The fourth-order valence-electron chi connectivity index (χ4n) is 3.77. The molecule has 2 saturated heterocycles. The van der Waals surface area contributed by atoms with E-state index in [2.05, 4.69) is 4.90 Å². The number of benzene rings is 1. The normalized spacial score (nSPS) is 20.2. The van der Waals surface area contributed by atoms with E-state index in [1.54, 1.807) is 12.1 Å². The third-order valence-corrected chi connectivity index (χ3v) is 5.33. The van der Waals surface area contributed by atoms with Gasteiger partial charge >= 0.3 is 0 Å². The second kappa shape index (κ2) is 7.83. The van der Waals surface area contributed by atoms with Gasteiger partial charge in [0.15, 0.2) is 0 Å². The van der Waals surface area contributed by atoms with Crippen molar-refractivity contribution in [3.63, 3.8) is 0 Å². The zero-order chi connectivity index (χ0) is 17.8. The number of hydrogen-bond acceptors (Lipinski definition) is 4. The molecule has 3 rings (SSSR count). The maximum atomic E-state index is 13.8. The van der Waals surface area contributed by atoms with Crippen molar-refractivity contribution in [3.05, 3.63) is 29.6 Å². The third kappa shape index (κ3) is 3.77. The number of hydrogen-bond donors (Lipinski definition) is 0. The second-order valence-corrected chi connectivity index (χ2v) is 6.83. The van der Waals surface area contributed by atoms with Gasteiger partial charge in [0.1, 0.15) is 17.4 Å². The number of piperidine rings is 1. The van der Waals surface area contributed by atoms with Crippen LogP contribution in [0.3, 0.4) is 0 Å². The number of anilines is 1. The maximum absolute atomic E-state index is 13.8. The molecule has 2 aliphatic rings. The number of nitriles is 1. The van der Waals surface area contributed by atoms with E-state index in [0.717, 1.165) is 39.0 Å². The average Bonchev–Trinajstić information content (AvgIpc) is 2.67. The van der Waals surface area contributed by atoms with Crippen LogP contribution in [0.15, 0.2) is 18.2 Å². The lowest BCUT2D eigenvalue weighted by Crippen LogP contribution is -2.55. The summed E-state index contributed by atoms with van der Waals surface area (Å²) in [7, 11) is 0. The van der Waals surface area contributed by atoms with Crippen molar-refractivity contribution in [2.45, 2.75) is 32.2 Å². The number of carbonyl (C=O) groups excluding carboxylic acids is 1. The van der Waals surface area contributed by atoms with E-state index in [9.17, 15) is 14.4 Å². The van der Waals surface area contributed by atoms with Gasteiger partial charge in [0.25, 0.3) is 0 Å². The summed E-state index contributed by atoms with van der Waals surface area (Å²) in [5.41, 5.74) is 0.755. The van der Waals surface area contributed by atoms with Gasteiger partial charge in [-0.15, -0.1) is 0 Å². The lowest BCUT2D eigenvalue weighted by Gasteiger charge is -2.40. The van der Waals surface area contributed by atoms with Crippen molar-refractivity contribution < 1.29 is 9.18 Å². The maximum Gasteiger partial charge on any atom is 0.239 e. The molecule has 0 spiro atoms. The summed E-state index contributed by atoms with van der Waals surface area (Å²) in [6.07, 6.45) is 3.41. The van der Waals surface area contributed by atoms with E-state index in [0.29, 0.717) is 18.8 Å². The Kier molecular flexibility index (Phi) is 5.54. The molecular formula is C19H25FN4O. The number of amides is 1. The molecule has 0 N–H and O–H groups in total. The fraction of sp³-hybridized carbons (Fsp3) is 0.579. The molecule has 0 saturated carbocycles. The molecule has 1 aromatic carbocycles. The molecule has 2 aliphatic heterocycles. The van der Waals surface area contributed by atoms with Gasteiger partial charge in [0.05, 0.1) is 11.7 Å². The molecule has 1 aromatic rings. The van der Waals surface area contributed by atoms with Crippen LogP contribution < -0.4 is 4.90 Å². The van der Waals surface area contributed by atoms with Crippen molar-refractivity contribution in [1.82, 2.24) is 9.80 Å². The molecule has 1 unspecified atom stereocenters. The van der Waals surface area contributed by atoms with Crippen molar-refractivity contribution in [3.8, 4) is 6.07 Å². The van der Waals surface area contributed by atoms with Crippen LogP contribution in [0, 0.1) is 17.1 Å². The molecule has 6 heteroatoms. The molecule has 1 atom stereocenters. The van der Waals surface area contributed by atoms with Crippen LogP contribution in [-0.4, -0.2) is 61.0 Å². The van der Waals surface area contributed by atoms with Crippen LogP contribution in [0.25, 0.3) is 0 Å². The Morgan fingerprint density at radius 1 is 1.12 bits per heavy atom. The van der Waals surface area contributed by atoms with Crippen LogP contribution in [-0.2, 0) is 4.79 Å². The first-order chi connectivity index (χ1) is 12.1. The second-order valence-electron chi connectivity index (χ2n) is 6.83. The number of carbonyl (C=O) groups is 1. The highest BCUT2D eigenvalue weighted by Crippen LogP contribution is 2.24. The highest BCUT2D eigenvalue weighted by atomic mass is 19.1. The zero-order valence-electron chi connectivity index (χ0n) is 14.7. The summed E-state index contributed by atoms with van der Waals surface area (Å²) in [6.45, 7) is 6.58. The predicted octanol–water partition coefficient (Wildman–Crippen LogP) is 2.22. The minimum Gasteiger partial charge on any atom is -0.368 e. The van der Waals surface area contributed by atoms with Crippen molar-refractivity contribution >= 4 is 11.6 Å². The molecule has 1 amide bonds. The Morgan fingerprint density at radius 2 is 1.80 bits per heavy atom. The molecular weight excluding hydrogens is 319 g/mol. The van der Waals surface area contributed by atoms with Gasteiger partial charge in [-0.1, -0.05) is 6.07 Å². The Hall–Kier alpha value is -2.13. The van der Waals surface area contributed by atoms with Gasteiger partial charge in [-0.2, -0.15) is 5.26 Å². The summed E-state index contributed by atoms with van der Waals surface area (Å²) in [4.78, 5) is 18.9. The average molecular weight is 344 g/mol. The van der Waals surface area contributed by atoms with Crippen molar-refractivity contribution in [2.24, 2.45) is 0 Å². The number of nitrogens with zero attached hydrogens (tertiary/aromatic N) is 4. The molecule has 5 nitrogen and oxygen atoms in total. The first-order valence-electron chi connectivity index (χ1n) is 9.08. The number of piperazine rings is 1. The van der Waals surface area contributed by atoms with Gasteiger partial charge in [-0.05, 0) is 38.3 Å². The van der Waals surface area contributed by atoms with Crippen LogP contribution in [0.1, 0.15) is 31.7 Å². The van der Waals surface area contributed by atoms with E-state index in [-0.39, 0.29) is 17.5 Å². The highest BCUT2D eigenvalue weighted by molar-refractivity contribution is 5.81. The fourth-order valence-corrected chi connectivity index (χ4v) is 3.77. The van der Waals surface area contributed by atoms with E-state index in [4.69, 9.17) is 0 Å². The largest absolute Gasteiger partial charge is 0.368 e. The minimum atomic E-state index is -0.476. The number of likely N-dealkylation sites (tertiary alicyclic amines) is 1. The van der Waals surface area contributed by atoms with E-state index in [1.165, 1.54) is 12.5 Å². The summed E-state index contributed by atoms with van der Waals surface area (Å²) in [5.74, 6) is -0.257. The van der Waals surface area contributed by atoms with Crippen LogP contribution >= 0.6 is 0 Å². The smallest absolute Gasteiger partial charge is 0.239 e. The van der Waals surface area contributed by atoms with Gasteiger partial charge in [-0.3, -0.25) is 9.69 Å². The third-order valence-electron chi connectivity index (χ3n) is 5.33. The first-order valence-corrected chi connectivity index (χ1v) is 9.08. The molecule has 0 aromatic heterocycles. The number of halogens is 1. The van der Waals surface area contributed by atoms with Gasteiger partial charge in [-0.25, -0.2) is 4.39 Å². The molecule has 0 aliphatic carbocycles. The lowest BCUT2D eigenvalue weighted by molar-refractivity contribution is -0.137. The Bertz CT molecular complexity index is 658. The zero-order valence-corrected chi connectivity index (χ0v) is 14.7.